The topological polar surface area (TPSA) is 89.3 Å². The highest BCUT2D eigenvalue weighted by Crippen LogP contribution is 2.26. The van der Waals surface area contributed by atoms with E-state index >= 15 is 0 Å². The number of nitrogens with one attached hydrogen (secondary N) is 1. The van der Waals surface area contributed by atoms with Gasteiger partial charge in [0.05, 0.1) is 12.9 Å². The van der Waals surface area contributed by atoms with Gasteiger partial charge in [0.25, 0.3) is 0 Å². The van der Waals surface area contributed by atoms with Crippen LogP contribution in [0.3, 0.4) is 0 Å². The largest absolute Gasteiger partial charge is 0.497 e. The van der Waals surface area contributed by atoms with E-state index in [4.69, 9.17) is 4.74 Å². The molecule has 9 heteroatoms. The Labute approximate surface area is 187 Å². The molecule has 3 rings (SSSR count). The Kier molecular flexibility index (Phi) is 8.34. The van der Waals surface area contributed by atoms with Crippen LogP contribution < -0.4 is 10.1 Å². The number of ether oxygens (including phenoxy) is 1. The predicted octanol–water partition coefficient (Wildman–Crippen LogP) is 2.83. The quantitative estimate of drug-likeness (QED) is 0.423. The number of methoxy groups -OCH3 is 1. The molecule has 8 nitrogen and oxygen atoms in total. The van der Waals surface area contributed by atoms with Crippen molar-refractivity contribution >= 4 is 23.6 Å². The van der Waals surface area contributed by atoms with Crippen molar-refractivity contribution in [1.29, 1.82) is 0 Å². The van der Waals surface area contributed by atoms with Gasteiger partial charge in [-0.05, 0) is 43.0 Å². The van der Waals surface area contributed by atoms with E-state index in [2.05, 4.69) is 33.9 Å². The van der Waals surface area contributed by atoms with Crippen molar-refractivity contribution in [3.63, 3.8) is 0 Å². The van der Waals surface area contributed by atoms with Gasteiger partial charge in [0.1, 0.15) is 5.75 Å². The average molecular weight is 446 g/mol. The number of hydrogen-bond acceptors (Lipinski definition) is 6. The van der Waals surface area contributed by atoms with Crippen molar-refractivity contribution in [2.24, 2.45) is 5.92 Å². The highest BCUT2D eigenvalue weighted by molar-refractivity contribution is 7.99. The van der Waals surface area contributed by atoms with Gasteiger partial charge in [-0.15, -0.1) is 10.2 Å². The van der Waals surface area contributed by atoms with E-state index in [0.29, 0.717) is 25.4 Å². The van der Waals surface area contributed by atoms with Crippen LogP contribution in [-0.2, 0) is 16.1 Å². The lowest BCUT2D eigenvalue weighted by Gasteiger charge is -2.15. The fourth-order valence-corrected chi connectivity index (χ4v) is 4.28. The molecule has 0 aliphatic carbocycles. The maximum atomic E-state index is 12.3. The number of thioether (sulfide) groups is 1. The Morgan fingerprint density at radius 2 is 2.03 bits per heavy atom. The summed E-state index contributed by atoms with van der Waals surface area (Å²) in [6.07, 6.45) is 2.36. The summed E-state index contributed by atoms with van der Waals surface area (Å²) in [5.41, 5.74) is 0.960. The van der Waals surface area contributed by atoms with E-state index < -0.39 is 0 Å². The number of carbonyl (C=O) groups excluding carboxylic acids is 2. The fraction of sp³-hybridized carbons (Fsp3) is 0.545. The van der Waals surface area contributed by atoms with Crippen LogP contribution in [-0.4, -0.2) is 64.0 Å². The SMILES string of the molecule is COc1ccc(-c2nnc(SCC(=O)NCCCN3CCCC3=O)n2CC(C)C)cc1. The van der Waals surface area contributed by atoms with Gasteiger partial charge in [0.2, 0.25) is 11.8 Å². The van der Waals surface area contributed by atoms with Crippen LogP contribution >= 0.6 is 11.8 Å². The molecule has 1 fully saturated rings. The van der Waals surface area contributed by atoms with E-state index in [1.165, 1.54) is 11.8 Å². The first-order chi connectivity index (χ1) is 15.0. The number of hydrogen-bond donors (Lipinski definition) is 1. The van der Waals surface area contributed by atoms with Crippen molar-refractivity contribution in [3.8, 4) is 17.1 Å². The molecule has 1 N–H and O–H groups in total. The van der Waals surface area contributed by atoms with Crippen molar-refractivity contribution in [2.75, 3.05) is 32.5 Å². The van der Waals surface area contributed by atoms with Crippen LogP contribution in [0.4, 0.5) is 0 Å². The molecule has 0 unspecified atom stereocenters. The molecule has 0 radical (unpaired) electrons. The monoisotopic (exact) mass is 445 g/mol. The van der Waals surface area contributed by atoms with Crippen molar-refractivity contribution < 1.29 is 14.3 Å². The predicted molar refractivity (Wildman–Crippen MR) is 121 cm³/mol. The third-order valence-corrected chi connectivity index (χ3v) is 6.01. The van der Waals surface area contributed by atoms with Crippen LogP contribution in [0.1, 0.15) is 33.1 Å². The lowest BCUT2D eigenvalue weighted by atomic mass is 10.2. The number of aromatic nitrogens is 3. The molecule has 0 saturated carbocycles. The second kappa shape index (κ2) is 11.2. The van der Waals surface area contributed by atoms with Crippen molar-refractivity contribution in [1.82, 2.24) is 25.0 Å². The Morgan fingerprint density at radius 1 is 1.26 bits per heavy atom. The summed E-state index contributed by atoms with van der Waals surface area (Å²) in [4.78, 5) is 25.8. The van der Waals surface area contributed by atoms with Crippen LogP contribution in [0.15, 0.2) is 29.4 Å². The lowest BCUT2D eigenvalue weighted by molar-refractivity contribution is -0.127. The molecule has 2 heterocycles. The molecule has 168 valence electrons. The second-order valence-electron chi connectivity index (χ2n) is 8.02. The molecule has 0 bridgehead atoms. The van der Waals surface area contributed by atoms with E-state index in [-0.39, 0.29) is 17.6 Å². The van der Waals surface area contributed by atoms with Gasteiger partial charge in [0, 0.05) is 38.2 Å². The van der Waals surface area contributed by atoms with E-state index in [9.17, 15) is 9.59 Å². The number of nitrogens with zero attached hydrogens (tertiary/aromatic N) is 4. The van der Waals surface area contributed by atoms with Crippen LogP contribution in [0.25, 0.3) is 11.4 Å². The maximum Gasteiger partial charge on any atom is 0.230 e. The Balaban J connectivity index is 1.54. The number of benzene rings is 1. The number of likely N-dealkylation sites (tertiary alicyclic amines) is 1. The van der Waals surface area contributed by atoms with Gasteiger partial charge in [-0.2, -0.15) is 0 Å². The minimum atomic E-state index is -0.0390. The standard InChI is InChI=1S/C22H31N5O3S/c1-16(2)14-27-21(17-7-9-18(30-3)10-8-17)24-25-22(27)31-15-19(28)23-11-5-13-26-12-4-6-20(26)29/h7-10,16H,4-6,11-15H2,1-3H3,(H,23,28). The zero-order chi connectivity index (χ0) is 22.2. The first-order valence-corrected chi connectivity index (χ1v) is 11.7. The highest BCUT2D eigenvalue weighted by atomic mass is 32.2. The highest BCUT2D eigenvalue weighted by Gasteiger charge is 2.19. The minimum Gasteiger partial charge on any atom is -0.497 e. The molecule has 1 saturated heterocycles. The smallest absolute Gasteiger partial charge is 0.230 e. The van der Waals surface area contributed by atoms with E-state index in [1.54, 1.807) is 7.11 Å². The summed E-state index contributed by atoms with van der Waals surface area (Å²) < 4.78 is 7.31. The Morgan fingerprint density at radius 3 is 2.68 bits per heavy atom. The molecule has 1 aromatic heterocycles. The summed E-state index contributed by atoms with van der Waals surface area (Å²) in [6, 6.07) is 7.73. The molecule has 0 spiro atoms. The van der Waals surface area contributed by atoms with Crippen LogP contribution in [0.5, 0.6) is 5.75 Å². The van der Waals surface area contributed by atoms with Gasteiger partial charge in [-0.3, -0.25) is 9.59 Å². The van der Waals surface area contributed by atoms with Crippen LogP contribution in [0.2, 0.25) is 0 Å². The molecular weight excluding hydrogens is 414 g/mol. The van der Waals surface area contributed by atoms with Gasteiger partial charge in [0.15, 0.2) is 11.0 Å². The third-order valence-electron chi connectivity index (χ3n) is 5.04. The summed E-state index contributed by atoms with van der Waals surface area (Å²) in [7, 11) is 1.64. The fourth-order valence-electron chi connectivity index (χ4n) is 3.50. The molecule has 2 aromatic rings. The first-order valence-electron chi connectivity index (χ1n) is 10.7. The van der Waals surface area contributed by atoms with Gasteiger partial charge in [-0.25, -0.2) is 0 Å². The van der Waals surface area contributed by atoms with Gasteiger partial charge in [-0.1, -0.05) is 25.6 Å². The van der Waals surface area contributed by atoms with Gasteiger partial charge < -0.3 is 19.5 Å². The molecule has 31 heavy (non-hydrogen) atoms. The maximum absolute atomic E-state index is 12.3. The molecule has 0 atom stereocenters. The average Bonchev–Trinajstić information content (AvgIpc) is 3.35. The molecule has 1 aromatic carbocycles. The number of carbonyl (C=O) groups is 2. The van der Waals surface area contributed by atoms with Crippen molar-refractivity contribution in [3.05, 3.63) is 24.3 Å². The number of amides is 2. The van der Waals surface area contributed by atoms with Gasteiger partial charge >= 0.3 is 0 Å². The molecule has 1 aliphatic heterocycles. The first kappa shape index (κ1) is 23.1. The normalized spacial score (nSPS) is 13.8. The Bertz CT molecular complexity index is 882. The molecule has 1 aliphatic rings. The Hall–Kier alpha value is -2.55. The zero-order valence-electron chi connectivity index (χ0n) is 18.5. The molecule has 2 amide bonds. The zero-order valence-corrected chi connectivity index (χ0v) is 19.3. The second-order valence-corrected chi connectivity index (χ2v) is 8.96. The van der Waals surface area contributed by atoms with Crippen molar-refractivity contribution in [2.45, 2.75) is 44.8 Å². The summed E-state index contributed by atoms with van der Waals surface area (Å²) in [6.45, 7) is 7.17. The summed E-state index contributed by atoms with van der Waals surface area (Å²) >= 11 is 1.39. The minimum absolute atomic E-state index is 0.0390. The third kappa shape index (κ3) is 6.46. The summed E-state index contributed by atoms with van der Waals surface area (Å²) in [5.74, 6) is 2.45. The lowest BCUT2D eigenvalue weighted by Crippen LogP contribution is -2.31. The summed E-state index contributed by atoms with van der Waals surface area (Å²) in [5, 5.41) is 12.4. The van der Waals surface area contributed by atoms with E-state index in [1.807, 2.05) is 29.2 Å². The van der Waals surface area contributed by atoms with E-state index in [0.717, 1.165) is 48.2 Å². The number of rotatable bonds is 11. The van der Waals surface area contributed by atoms with Crippen LogP contribution in [0, 0.1) is 5.92 Å². The molecular formula is C22H31N5O3S.